The van der Waals surface area contributed by atoms with Crippen molar-refractivity contribution in [1.82, 2.24) is 14.0 Å². The molecule has 4 rings (SSSR count). The third kappa shape index (κ3) is 4.80. The average molecular weight is 515 g/mol. The number of hydrogen-bond acceptors (Lipinski definition) is 7. The summed E-state index contributed by atoms with van der Waals surface area (Å²) in [5.41, 5.74) is 2.36. The minimum Gasteiger partial charge on any atom is -0.462 e. The highest BCUT2D eigenvalue weighted by Crippen LogP contribution is 2.32. The van der Waals surface area contributed by atoms with Crippen LogP contribution in [0.25, 0.3) is 11.3 Å². The zero-order valence-electron chi connectivity index (χ0n) is 20.8. The topological polar surface area (TPSA) is 124 Å². The van der Waals surface area contributed by atoms with Crippen LogP contribution in [-0.2, 0) is 26.6 Å². The summed E-state index contributed by atoms with van der Waals surface area (Å²) in [6.45, 7) is 5.45. The van der Waals surface area contributed by atoms with Crippen molar-refractivity contribution in [1.29, 1.82) is 0 Å². The van der Waals surface area contributed by atoms with Crippen molar-refractivity contribution in [2.45, 2.75) is 38.5 Å². The smallest absolute Gasteiger partial charge is 0.341 e. The summed E-state index contributed by atoms with van der Waals surface area (Å²) in [7, 11) is -2.34. The summed E-state index contributed by atoms with van der Waals surface area (Å²) in [4.78, 5) is 25.7. The molecule has 2 aromatic heterocycles. The van der Waals surface area contributed by atoms with Gasteiger partial charge in [-0.1, -0.05) is 17.3 Å². The molecule has 0 aliphatic carbocycles. The maximum atomic E-state index is 13.8. The number of esters is 1. The van der Waals surface area contributed by atoms with Crippen LogP contribution < -0.4 is 5.32 Å². The van der Waals surface area contributed by atoms with Gasteiger partial charge >= 0.3 is 5.97 Å². The summed E-state index contributed by atoms with van der Waals surface area (Å²) in [6, 6.07) is 8.90. The van der Waals surface area contributed by atoms with Crippen LogP contribution in [0, 0.1) is 19.8 Å². The number of amides is 1. The number of piperidine rings is 1. The van der Waals surface area contributed by atoms with Crippen LogP contribution in [0.1, 0.15) is 41.5 Å². The van der Waals surface area contributed by atoms with E-state index in [1.54, 1.807) is 62.8 Å². The van der Waals surface area contributed by atoms with Crippen molar-refractivity contribution in [2.75, 3.05) is 25.0 Å². The number of aromatic nitrogens is 2. The van der Waals surface area contributed by atoms with Crippen molar-refractivity contribution < 1.29 is 27.3 Å². The molecule has 1 unspecified atom stereocenters. The lowest BCUT2D eigenvalue weighted by Gasteiger charge is -2.31. The van der Waals surface area contributed by atoms with Crippen LogP contribution >= 0.6 is 0 Å². The summed E-state index contributed by atoms with van der Waals surface area (Å²) in [6.07, 6.45) is 2.62. The van der Waals surface area contributed by atoms with Crippen LogP contribution in [0.5, 0.6) is 0 Å². The van der Waals surface area contributed by atoms with Crippen LogP contribution in [0.2, 0.25) is 0 Å². The Morgan fingerprint density at radius 3 is 2.69 bits per heavy atom. The molecule has 11 heteroatoms. The standard InChI is InChI=1S/C25H30N4O6S/c1-5-34-25(31)22-16(2)28(4)17(3)23(22)36(32,33)29-13-7-9-19(15-29)24(30)27-20-10-6-8-18(14-20)21-11-12-26-35-21/h6,8,10-12,14,19H,5,7,9,13,15H2,1-4H3,(H,27,30). The van der Waals surface area contributed by atoms with Gasteiger partial charge in [0.05, 0.1) is 18.7 Å². The molecule has 0 bridgehead atoms. The van der Waals surface area contributed by atoms with Crippen LogP contribution in [-0.4, -0.2) is 54.0 Å². The van der Waals surface area contributed by atoms with Crippen molar-refractivity contribution in [2.24, 2.45) is 13.0 Å². The molecule has 1 aromatic carbocycles. The number of anilines is 1. The zero-order valence-corrected chi connectivity index (χ0v) is 21.6. The van der Waals surface area contributed by atoms with E-state index in [9.17, 15) is 18.0 Å². The molecule has 1 N–H and O–H groups in total. The Labute approximate surface area is 210 Å². The molecule has 36 heavy (non-hydrogen) atoms. The fraction of sp³-hybridized carbons (Fsp3) is 0.400. The van der Waals surface area contributed by atoms with Gasteiger partial charge in [-0.05, 0) is 45.7 Å². The third-order valence-corrected chi connectivity index (χ3v) is 8.64. The molecule has 0 spiro atoms. The fourth-order valence-corrected chi connectivity index (χ4v) is 6.54. The van der Waals surface area contributed by atoms with E-state index in [1.165, 1.54) is 4.31 Å². The number of nitrogens with one attached hydrogen (secondary N) is 1. The molecule has 3 heterocycles. The molecular formula is C25H30N4O6S. The van der Waals surface area contributed by atoms with Crippen LogP contribution in [0.4, 0.5) is 5.69 Å². The number of sulfonamides is 1. The van der Waals surface area contributed by atoms with Gasteiger partial charge in [-0.3, -0.25) is 4.79 Å². The lowest BCUT2D eigenvalue weighted by atomic mass is 9.98. The molecule has 1 atom stereocenters. The number of rotatable bonds is 7. The molecule has 3 aromatic rings. The fourth-order valence-electron chi connectivity index (χ4n) is 4.54. The second kappa shape index (κ2) is 10.3. The Balaban J connectivity index is 1.56. The molecule has 0 saturated carbocycles. The lowest BCUT2D eigenvalue weighted by Crippen LogP contribution is -2.44. The minimum absolute atomic E-state index is 0.0195. The molecule has 192 valence electrons. The van der Waals surface area contributed by atoms with Crippen molar-refractivity contribution >= 4 is 27.6 Å². The average Bonchev–Trinajstić information content (AvgIpc) is 3.48. The van der Waals surface area contributed by atoms with E-state index in [1.807, 2.05) is 6.07 Å². The summed E-state index contributed by atoms with van der Waals surface area (Å²) in [5.74, 6) is -0.906. The van der Waals surface area contributed by atoms with Crippen LogP contribution in [0.3, 0.4) is 0 Å². The van der Waals surface area contributed by atoms with Gasteiger partial charge in [-0.2, -0.15) is 4.31 Å². The van der Waals surface area contributed by atoms with E-state index in [0.717, 1.165) is 5.56 Å². The van der Waals surface area contributed by atoms with Gasteiger partial charge in [0.15, 0.2) is 5.76 Å². The van der Waals surface area contributed by atoms with Gasteiger partial charge in [0, 0.05) is 48.8 Å². The minimum atomic E-state index is -4.05. The van der Waals surface area contributed by atoms with Gasteiger partial charge in [-0.25, -0.2) is 13.2 Å². The Morgan fingerprint density at radius 1 is 1.22 bits per heavy atom. The predicted molar refractivity (Wildman–Crippen MR) is 133 cm³/mol. The number of carbonyl (C=O) groups excluding carboxylic acids is 2. The molecule has 0 radical (unpaired) electrons. The van der Waals surface area contributed by atoms with Gasteiger partial charge in [0.1, 0.15) is 10.5 Å². The highest BCUT2D eigenvalue weighted by molar-refractivity contribution is 7.89. The summed E-state index contributed by atoms with van der Waals surface area (Å²) >= 11 is 0. The lowest BCUT2D eigenvalue weighted by molar-refractivity contribution is -0.120. The maximum Gasteiger partial charge on any atom is 0.341 e. The quantitative estimate of drug-likeness (QED) is 0.479. The number of carbonyl (C=O) groups is 2. The second-order valence-electron chi connectivity index (χ2n) is 8.80. The number of hydrogen-bond donors (Lipinski definition) is 1. The SMILES string of the molecule is CCOC(=O)c1c(S(=O)(=O)N2CCCC(C(=O)Nc3cccc(-c4ccno4)c3)C2)c(C)n(C)c1C. The number of ether oxygens (including phenoxy) is 1. The zero-order chi connectivity index (χ0) is 26.0. The molecule has 1 aliphatic heterocycles. The summed E-state index contributed by atoms with van der Waals surface area (Å²) < 4.78 is 40.8. The highest BCUT2D eigenvalue weighted by atomic mass is 32.2. The first kappa shape index (κ1) is 25.6. The predicted octanol–water partition coefficient (Wildman–Crippen LogP) is 3.51. The van der Waals surface area contributed by atoms with Gasteiger partial charge in [-0.15, -0.1) is 0 Å². The highest BCUT2D eigenvalue weighted by Gasteiger charge is 2.39. The normalized spacial score (nSPS) is 16.6. The Hall–Kier alpha value is -3.44. The molecular weight excluding hydrogens is 484 g/mol. The molecule has 1 saturated heterocycles. The number of nitrogens with zero attached hydrogens (tertiary/aromatic N) is 3. The Bertz CT molecular complexity index is 1380. The van der Waals surface area contributed by atoms with E-state index in [0.29, 0.717) is 35.7 Å². The largest absolute Gasteiger partial charge is 0.462 e. The van der Waals surface area contributed by atoms with E-state index in [4.69, 9.17) is 9.26 Å². The van der Waals surface area contributed by atoms with Crippen molar-refractivity contribution in [3.63, 3.8) is 0 Å². The number of benzene rings is 1. The monoisotopic (exact) mass is 514 g/mol. The van der Waals surface area contributed by atoms with E-state index >= 15 is 0 Å². The van der Waals surface area contributed by atoms with E-state index in [-0.39, 0.29) is 36.1 Å². The van der Waals surface area contributed by atoms with Gasteiger partial charge in [0.25, 0.3) is 0 Å². The van der Waals surface area contributed by atoms with Gasteiger partial charge in [0.2, 0.25) is 15.9 Å². The van der Waals surface area contributed by atoms with Crippen molar-refractivity contribution in [3.8, 4) is 11.3 Å². The van der Waals surface area contributed by atoms with E-state index < -0.39 is 21.9 Å². The first-order valence-corrected chi connectivity index (χ1v) is 13.2. The Kier molecular flexibility index (Phi) is 7.32. The molecule has 1 amide bonds. The van der Waals surface area contributed by atoms with Crippen LogP contribution in [0.15, 0.2) is 45.9 Å². The molecule has 1 aliphatic rings. The second-order valence-corrected chi connectivity index (χ2v) is 10.7. The van der Waals surface area contributed by atoms with Crippen molar-refractivity contribution in [3.05, 3.63) is 53.5 Å². The first-order chi connectivity index (χ1) is 17.1. The molecule has 10 nitrogen and oxygen atoms in total. The maximum absolute atomic E-state index is 13.8. The molecule has 1 fully saturated rings. The third-order valence-electron chi connectivity index (χ3n) is 6.61. The van der Waals surface area contributed by atoms with E-state index in [2.05, 4.69) is 10.5 Å². The Morgan fingerprint density at radius 2 is 2.00 bits per heavy atom. The first-order valence-electron chi connectivity index (χ1n) is 11.8. The summed E-state index contributed by atoms with van der Waals surface area (Å²) in [5, 5.41) is 6.60. The van der Waals surface area contributed by atoms with Gasteiger partial charge < -0.3 is 19.1 Å².